The monoisotopic (exact) mass is 280 g/mol. The van der Waals surface area contributed by atoms with Crippen LogP contribution in [0.25, 0.3) is 0 Å². The average Bonchev–Trinajstić information content (AvgIpc) is 2.75. The highest BCUT2D eigenvalue weighted by Crippen LogP contribution is 2.45. The molecule has 1 aliphatic carbocycles. The number of carbonyl (C=O) groups excluding carboxylic acids is 1. The number of benzene rings is 1. The summed E-state index contributed by atoms with van der Waals surface area (Å²) in [5, 5.41) is 22.9. The molecule has 21 heavy (non-hydrogen) atoms. The molecule has 1 spiro atoms. The second kappa shape index (κ2) is 4.81. The molecule has 1 aliphatic heterocycles. The molecular formula is C16H16N4O. The Morgan fingerprint density at radius 3 is 2.81 bits per heavy atom. The van der Waals surface area contributed by atoms with Crippen molar-refractivity contribution in [2.75, 3.05) is 5.01 Å². The Labute approximate surface area is 123 Å². The lowest BCUT2D eigenvalue weighted by Gasteiger charge is -2.34. The molecule has 1 fully saturated rings. The van der Waals surface area contributed by atoms with E-state index in [0.29, 0.717) is 25.0 Å². The summed E-state index contributed by atoms with van der Waals surface area (Å²) >= 11 is 0. The van der Waals surface area contributed by atoms with E-state index >= 15 is 0 Å². The molecule has 1 aromatic carbocycles. The minimum absolute atomic E-state index is 0.0704. The fourth-order valence-electron chi connectivity index (χ4n) is 3.14. The molecule has 2 unspecified atom stereocenters. The first-order chi connectivity index (χ1) is 10.1. The van der Waals surface area contributed by atoms with E-state index < -0.39 is 11.3 Å². The fourth-order valence-corrected chi connectivity index (χ4v) is 3.14. The zero-order chi connectivity index (χ0) is 15.0. The van der Waals surface area contributed by atoms with Gasteiger partial charge in [0.15, 0.2) is 0 Å². The molecule has 0 saturated heterocycles. The van der Waals surface area contributed by atoms with E-state index in [1.165, 1.54) is 5.01 Å². The van der Waals surface area contributed by atoms with Gasteiger partial charge >= 0.3 is 0 Å². The average molecular weight is 280 g/mol. The van der Waals surface area contributed by atoms with Crippen molar-refractivity contribution < 1.29 is 4.79 Å². The van der Waals surface area contributed by atoms with Crippen molar-refractivity contribution in [3.05, 3.63) is 30.3 Å². The smallest absolute Gasteiger partial charge is 0.259 e. The van der Waals surface area contributed by atoms with E-state index in [1.807, 2.05) is 37.3 Å². The highest BCUT2D eigenvalue weighted by atomic mass is 16.2. The highest BCUT2D eigenvalue weighted by molar-refractivity contribution is 6.19. The van der Waals surface area contributed by atoms with Gasteiger partial charge in [0.25, 0.3) is 5.91 Å². The van der Waals surface area contributed by atoms with Crippen LogP contribution in [-0.4, -0.2) is 17.3 Å². The van der Waals surface area contributed by atoms with Gasteiger partial charge in [0.05, 0.1) is 28.8 Å². The minimum atomic E-state index is -0.708. The zero-order valence-electron chi connectivity index (χ0n) is 11.8. The summed E-state index contributed by atoms with van der Waals surface area (Å²) in [5.41, 5.74) is 1.22. The Morgan fingerprint density at radius 2 is 2.14 bits per heavy atom. The third kappa shape index (κ3) is 1.95. The van der Waals surface area contributed by atoms with Crippen LogP contribution in [0.5, 0.6) is 0 Å². The molecule has 5 nitrogen and oxygen atoms in total. The van der Waals surface area contributed by atoms with E-state index in [0.717, 1.165) is 11.4 Å². The van der Waals surface area contributed by atoms with Gasteiger partial charge in [-0.25, -0.2) is 0 Å². The van der Waals surface area contributed by atoms with Gasteiger partial charge in [-0.15, -0.1) is 0 Å². The second-order valence-corrected chi connectivity index (χ2v) is 5.63. The highest BCUT2D eigenvalue weighted by Gasteiger charge is 2.53. The van der Waals surface area contributed by atoms with Gasteiger partial charge in [-0.1, -0.05) is 18.2 Å². The first-order valence-electron chi connectivity index (χ1n) is 7.01. The molecule has 2 aliphatic rings. The van der Waals surface area contributed by atoms with Crippen LogP contribution < -0.4 is 5.01 Å². The number of anilines is 1. The maximum atomic E-state index is 12.9. The lowest BCUT2D eigenvalue weighted by molar-refractivity contribution is -0.124. The number of nitrogens with zero attached hydrogens (tertiary/aromatic N) is 3. The Balaban J connectivity index is 1.96. The molecule has 2 atom stereocenters. The van der Waals surface area contributed by atoms with Crippen LogP contribution >= 0.6 is 0 Å². The lowest BCUT2D eigenvalue weighted by Crippen LogP contribution is -2.45. The molecular weight excluding hydrogens is 264 g/mol. The van der Waals surface area contributed by atoms with Crippen LogP contribution in [0.3, 0.4) is 0 Å². The number of hydrogen-bond acceptors (Lipinski definition) is 4. The molecule has 0 aromatic heterocycles. The number of carbonyl (C=O) groups is 1. The van der Waals surface area contributed by atoms with Crippen molar-refractivity contribution >= 4 is 23.0 Å². The maximum Gasteiger partial charge on any atom is 0.259 e. The van der Waals surface area contributed by atoms with Crippen molar-refractivity contribution in [1.82, 2.24) is 0 Å². The number of rotatable bonds is 1. The van der Waals surface area contributed by atoms with Crippen molar-refractivity contribution in [3.8, 4) is 6.07 Å². The molecule has 3 rings (SSSR count). The van der Waals surface area contributed by atoms with Gasteiger partial charge in [-0.3, -0.25) is 4.79 Å². The van der Waals surface area contributed by atoms with E-state index in [2.05, 4.69) is 11.2 Å². The molecule has 0 radical (unpaired) electrons. The van der Waals surface area contributed by atoms with E-state index in [4.69, 9.17) is 5.41 Å². The van der Waals surface area contributed by atoms with E-state index in [9.17, 15) is 10.1 Å². The first-order valence-corrected chi connectivity index (χ1v) is 7.01. The van der Waals surface area contributed by atoms with Gasteiger partial charge in [-0.2, -0.15) is 15.4 Å². The minimum Gasteiger partial charge on any atom is -0.308 e. The van der Waals surface area contributed by atoms with Crippen molar-refractivity contribution in [3.63, 3.8) is 0 Å². The third-order valence-corrected chi connectivity index (χ3v) is 4.50. The summed E-state index contributed by atoms with van der Waals surface area (Å²) in [7, 11) is 0. The number of para-hydroxylation sites is 1. The van der Waals surface area contributed by atoms with Crippen LogP contribution in [-0.2, 0) is 4.79 Å². The molecule has 106 valence electrons. The summed E-state index contributed by atoms with van der Waals surface area (Å²) in [6, 6.07) is 11.5. The standard InChI is InChI=1S/C16H16N4O/c1-11-16(8-7-14(18)12(9-16)10-17)15(21)20(19-11)13-5-3-2-4-6-13/h2-6,12,18H,7-9H2,1H3. The van der Waals surface area contributed by atoms with Gasteiger partial charge < -0.3 is 5.41 Å². The number of amides is 1. The van der Waals surface area contributed by atoms with Crippen molar-refractivity contribution in [2.24, 2.45) is 16.4 Å². The molecule has 5 heteroatoms. The van der Waals surface area contributed by atoms with E-state index in [-0.39, 0.29) is 5.91 Å². The van der Waals surface area contributed by atoms with Crippen LogP contribution in [0.1, 0.15) is 26.2 Å². The van der Waals surface area contributed by atoms with Crippen LogP contribution in [0.15, 0.2) is 35.4 Å². The number of nitriles is 1. The predicted molar refractivity (Wildman–Crippen MR) is 80.2 cm³/mol. The van der Waals surface area contributed by atoms with E-state index in [1.54, 1.807) is 0 Å². The van der Waals surface area contributed by atoms with Crippen molar-refractivity contribution in [2.45, 2.75) is 26.2 Å². The Hall–Kier alpha value is -2.48. The topological polar surface area (TPSA) is 80.3 Å². The van der Waals surface area contributed by atoms with Gasteiger partial charge in [-0.05, 0) is 38.3 Å². The predicted octanol–water partition coefficient (Wildman–Crippen LogP) is 2.74. The Morgan fingerprint density at radius 1 is 1.43 bits per heavy atom. The summed E-state index contributed by atoms with van der Waals surface area (Å²) < 4.78 is 0. The maximum absolute atomic E-state index is 12.9. The zero-order valence-corrected chi connectivity index (χ0v) is 11.8. The van der Waals surface area contributed by atoms with Gasteiger partial charge in [0.2, 0.25) is 0 Å². The van der Waals surface area contributed by atoms with Gasteiger partial charge in [0, 0.05) is 5.71 Å². The Kier molecular flexibility index (Phi) is 3.09. The lowest BCUT2D eigenvalue weighted by atomic mass is 9.66. The van der Waals surface area contributed by atoms with Crippen LogP contribution in [0.2, 0.25) is 0 Å². The Bertz CT molecular complexity index is 673. The molecule has 1 saturated carbocycles. The summed E-state index contributed by atoms with van der Waals surface area (Å²) in [4.78, 5) is 12.9. The molecule has 1 amide bonds. The fraction of sp³-hybridized carbons (Fsp3) is 0.375. The first kappa shape index (κ1) is 13.5. The molecule has 0 bridgehead atoms. The van der Waals surface area contributed by atoms with Crippen LogP contribution in [0, 0.1) is 28.1 Å². The largest absolute Gasteiger partial charge is 0.308 e. The summed E-state index contributed by atoms with van der Waals surface area (Å²) in [5.74, 6) is -0.553. The van der Waals surface area contributed by atoms with Crippen molar-refractivity contribution in [1.29, 1.82) is 10.7 Å². The number of nitrogens with one attached hydrogen (secondary N) is 1. The number of hydrogen-bond donors (Lipinski definition) is 1. The second-order valence-electron chi connectivity index (χ2n) is 5.63. The summed E-state index contributed by atoms with van der Waals surface area (Å²) in [6.07, 6.45) is 1.43. The molecule has 1 heterocycles. The third-order valence-electron chi connectivity index (χ3n) is 4.50. The number of hydrazone groups is 1. The summed E-state index contributed by atoms with van der Waals surface area (Å²) in [6.45, 7) is 1.85. The molecule has 1 N–H and O–H groups in total. The van der Waals surface area contributed by atoms with Crippen LogP contribution in [0.4, 0.5) is 5.69 Å². The SMILES string of the molecule is CC1=NN(c2ccccc2)C(=O)C12CCC(=N)C(C#N)C2. The normalized spacial score (nSPS) is 28.7. The van der Waals surface area contributed by atoms with Gasteiger partial charge in [0.1, 0.15) is 0 Å². The molecule has 1 aromatic rings. The quantitative estimate of drug-likeness (QED) is 0.858.